The maximum atomic E-state index is 12.6. The van der Waals surface area contributed by atoms with Crippen molar-refractivity contribution in [3.63, 3.8) is 0 Å². The second-order valence-corrected chi connectivity index (χ2v) is 7.00. The Balaban J connectivity index is 1.52. The fourth-order valence-corrected chi connectivity index (χ4v) is 3.59. The summed E-state index contributed by atoms with van der Waals surface area (Å²) in [5.74, 6) is -0.418. The number of pyridine rings is 1. The van der Waals surface area contributed by atoms with Crippen LogP contribution in [0.4, 0.5) is 10.7 Å². The molecule has 136 valence electrons. The van der Waals surface area contributed by atoms with Crippen LogP contribution in [0.5, 0.6) is 0 Å². The van der Waals surface area contributed by atoms with Crippen molar-refractivity contribution in [1.82, 2.24) is 15.2 Å². The fourth-order valence-electron chi connectivity index (χ4n) is 2.63. The molecule has 8 nitrogen and oxygen atoms in total. The van der Waals surface area contributed by atoms with E-state index >= 15 is 0 Å². The van der Waals surface area contributed by atoms with Gasteiger partial charge in [-0.05, 0) is 43.7 Å². The summed E-state index contributed by atoms with van der Waals surface area (Å²) in [5, 5.41) is 13.9. The number of furan rings is 1. The van der Waals surface area contributed by atoms with Crippen LogP contribution in [0.3, 0.4) is 0 Å². The molecule has 0 saturated carbocycles. The number of aromatic amines is 1. The van der Waals surface area contributed by atoms with E-state index in [1.54, 1.807) is 24.4 Å². The van der Waals surface area contributed by atoms with E-state index in [0.29, 0.717) is 21.2 Å². The van der Waals surface area contributed by atoms with Crippen molar-refractivity contribution in [3.8, 4) is 0 Å². The first kappa shape index (κ1) is 17.0. The van der Waals surface area contributed by atoms with Crippen molar-refractivity contribution in [1.29, 1.82) is 0 Å². The number of fused-ring (bicyclic) bond motifs is 1. The van der Waals surface area contributed by atoms with Gasteiger partial charge in [0, 0.05) is 11.1 Å². The Bertz CT molecular complexity index is 1140. The molecule has 4 aromatic rings. The van der Waals surface area contributed by atoms with Gasteiger partial charge in [-0.25, -0.2) is 4.98 Å². The number of carbonyl (C=O) groups is 2. The van der Waals surface area contributed by atoms with Crippen LogP contribution in [-0.4, -0.2) is 27.0 Å². The quantitative estimate of drug-likeness (QED) is 0.498. The number of rotatable bonds is 4. The molecule has 0 saturated heterocycles. The summed E-state index contributed by atoms with van der Waals surface area (Å²) in [6.45, 7) is 3.70. The van der Waals surface area contributed by atoms with E-state index in [0.717, 1.165) is 16.6 Å². The van der Waals surface area contributed by atoms with Crippen molar-refractivity contribution in [2.24, 2.45) is 0 Å². The van der Waals surface area contributed by atoms with Gasteiger partial charge in [-0.1, -0.05) is 0 Å². The molecule has 0 aromatic carbocycles. The number of anilines is 2. The van der Waals surface area contributed by atoms with Gasteiger partial charge in [-0.15, -0.1) is 11.3 Å². The van der Waals surface area contributed by atoms with Crippen molar-refractivity contribution in [3.05, 3.63) is 58.6 Å². The highest BCUT2D eigenvalue weighted by molar-refractivity contribution is 7.18. The second-order valence-electron chi connectivity index (χ2n) is 5.95. The lowest BCUT2D eigenvalue weighted by Gasteiger charge is -2.04. The zero-order valence-electron chi connectivity index (χ0n) is 14.5. The minimum atomic E-state index is -0.363. The van der Waals surface area contributed by atoms with Crippen molar-refractivity contribution < 1.29 is 14.0 Å². The lowest BCUT2D eigenvalue weighted by Crippen LogP contribution is -2.11. The van der Waals surface area contributed by atoms with E-state index in [1.165, 1.54) is 17.6 Å². The number of aryl methyl sites for hydroxylation is 2. The molecule has 0 spiro atoms. The van der Waals surface area contributed by atoms with Crippen LogP contribution in [0.1, 0.15) is 31.5 Å². The molecular formula is C18H15N5O3S. The van der Waals surface area contributed by atoms with Crippen LogP contribution in [-0.2, 0) is 0 Å². The van der Waals surface area contributed by atoms with Crippen LogP contribution >= 0.6 is 11.3 Å². The van der Waals surface area contributed by atoms with E-state index in [9.17, 15) is 9.59 Å². The van der Waals surface area contributed by atoms with Gasteiger partial charge >= 0.3 is 0 Å². The number of thiophene rings is 1. The maximum Gasteiger partial charge on any atom is 0.291 e. The van der Waals surface area contributed by atoms with E-state index in [4.69, 9.17) is 4.42 Å². The van der Waals surface area contributed by atoms with Crippen LogP contribution in [0.15, 0.2) is 41.1 Å². The van der Waals surface area contributed by atoms with Crippen molar-refractivity contribution >= 4 is 44.9 Å². The minimum absolute atomic E-state index is 0.210. The molecule has 0 aliphatic heterocycles. The molecule has 9 heteroatoms. The van der Waals surface area contributed by atoms with Gasteiger partial charge in [0.15, 0.2) is 11.4 Å². The monoisotopic (exact) mass is 381 g/mol. The van der Waals surface area contributed by atoms with Gasteiger partial charge in [-0.3, -0.25) is 14.7 Å². The Labute approximate surface area is 157 Å². The third kappa shape index (κ3) is 3.32. The summed E-state index contributed by atoms with van der Waals surface area (Å²) in [6.07, 6.45) is 2.99. The van der Waals surface area contributed by atoms with Crippen LogP contribution in [0, 0.1) is 13.8 Å². The minimum Gasteiger partial charge on any atom is -0.459 e. The highest BCUT2D eigenvalue weighted by Crippen LogP contribution is 2.28. The Hall–Kier alpha value is -3.46. The lowest BCUT2D eigenvalue weighted by molar-refractivity contribution is 0.0995. The maximum absolute atomic E-state index is 12.6. The van der Waals surface area contributed by atoms with Gasteiger partial charge in [-0.2, -0.15) is 5.10 Å². The molecule has 3 N–H and O–H groups in total. The molecule has 2 amide bonds. The average Bonchev–Trinajstić information content (AvgIpc) is 3.36. The van der Waals surface area contributed by atoms with Crippen molar-refractivity contribution in [2.45, 2.75) is 13.8 Å². The zero-order valence-corrected chi connectivity index (χ0v) is 15.3. The molecule has 4 rings (SSSR count). The third-order valence-corrected chi connectivity index (χ3v) is 5.12. The Morgan fingerprint density at radius 1 is 1.19 bits per heavy atom. The van der Waals surface area contributed by atoms with Gasteiger partial charge in [0.25, 0.3) is 11.8 Å². The number of aromatic nitrogens is 3. The van der Waals surface area contributed by atoms with Gasteiger partial charge in [0.2, 0.25) is 0 Å². The number of hydrogen-bond donors (Lipinski definition) is 3. The molecule has 0 radical (unpaired) electrons. The number of nitrogens with one attached hydrogen (secondary N) is 3. The summed E-state index contributed by atoms with van der Waals surface area (Å²) in [4.78, 5) is 29.4. The molecular weight excluding hydrogens is 366 g/mol. The largest absolute Gasteiger partial charge is 0.459 e. The first-order chi connectivity index (χ1) is 13.0. The highest BCUT2D eigenvalue weighted by atomic mass is 32.1. The second kappa shape index (κ2) is 6.69. The predicted octanol–water partition coefficient (Wildman–Crippen LogP) is 3.73. The SMILES string of the molecule is Cc1cc(NC(=O)c2ccco2)sc1C(=O)Nc1cnc2n[nH]c(C)c2c1. The average molecular weight is 381 g/mol. The Morgan fingerprint density at radius 2 is 2.04 bits per heavy atom. The van der Waals surface area contributed by atoms with Gasteiger partial charge < -0.3 is 15.1 Å². The number of amides is 2. The topological polar surface area (TPSA) is 113 Å². The standard InChI is InChI=1S/C18H15N5O3S/c1-9-6-14(21-17(24)13-4-3-5-26-13)27-15(9)18(25)20-11-7-12-10(2)22-23-16(12)19-8-11/h3-8H,1-2H3,(H,20,25)(H,21,24)(H,19,22,23). The van der Waals surface area contributed by atoms with E-state index in [1.807, 2.05) is 19.9 Å². The fraction of sp³-hybridized carbons (Fsp3) is 0.111. The summed E-state index contributed by atoms with van der Waals surface area (Å²) in [5.41, 5.74) is 2.82. The molecule has 0 aliphatic rings. The predicted molar refractivity (Wildman–Crippen MR) is 102 cm³/mol. The number of carbonyl (C=O) groups excluding carboxylic acids is 2. The van der Waals surface area contributed by atoms with Crippen LogP contribution in [0.25, 0.3) is 11.0 Å². The molecule has 0 aliphatic carbocycles. The first-order valence-electron chi connectivity index (χ1n) is 8.08. The zero-order chi connectivity index (χ0) is 19.0. The molecule has 4 heterocycles. The third-order valence-electron chi connectivity index (χ3n) is 3.96. The van der Waals surface area contributed by atoms with E-state index in [-0.39, 0.29) is 17.6 Å². The number of nitrogens with zero attached hydrogens (tertiary/aromatic N) is 2. The summed E-state index contributed by atoms with van der Waals surface area (Å²) in [7, 11) is 0. The summed E-state index contributed by atoms with van der Waals surface area (Å²) >= 11 is 1.20. The number of H-pyrrole nitrogens is 1. The molecule has 27 heavy (non-hydrogen) atoms. The van der Waals surface area contributed by atoms with Gasteiger partial charge in [0.05, 0.1) is 28.0 Å². The molecule has 0 fully saturated rings. The molecule has 0 atom stereocenters. The Kier molecular flexibility index (Phi) is 4.21. The number of hydrogen-bond acceptors (Lipinski definition) is 6. The normalized spacial score (nSPS) is 10.9. The Morgan fingerprint density at radius 3 is 2.81 bits per heavy atom. The molecule has 4 aromatic heterocycles. The van der Waals surface area contributed by atoms with Crippen LogP contribution < -0.4 is 10.6 Å². The smallest absolute Gasteiger partial charge is 0.291 e. The van der Waals surface area contributed by atoms with Gasteiger partial charge in [0.1, 0.15) is 0 Å². The first-order valence-corrected chi connectivity index (χ1v) is 8.90. The molecule has 0 unspecified atom stereocenters. The lowest BCUT2D eigenvalue weighted by atomic mass is 10.2. The summed E-state index contributed by atoms with van der Waals surface area (Å²) in [6, 6.07) is 6.79. The van der Waals surface area contributed by atoms with E-state index in [2.05, 4.69) is 25.8 Å². The molecule has 0 bridgehead atoms. The van der Waals surface area contributed by atoms with Crippen molar-refractivity contribution in [2.75, 3.05) is 10.6 Å². The highest BCUT2D eigenvalue weighted by Gasteiger charge is 2.17. The van der Waals surface area contributed by atoms with Crippen LogP contribution in [0.2, 0.25) is 0 Å². The summed E-state index contributed by atoms with van der Waals surface area (Å²) < 4.78 is 5.07. The van der Waals surface area contributed by atoms with E-state index < -0.39 is 0 Å².